The third-order valence-electron chi connectivity index (χ3n) is 5.38. The molecule has 1 saturated heterocycles. The van der Waals surface area contributed by atoms with Crippen LogP contribution in [0.2, 0.25) is 0 Å². The summed E-state index contributed by atoms with van der Waals surface area (Å²) in [5.74, 6) is -0.879. The maximum atomic E-state index is 13.8. The number of carbonyl (C=O) groups excluding carboxylic acids is 1. The third-order valence-corrected chi connectivity index (χ3v) is 5.38. The van der Waals surface area contributed by atoms with Gasteiger partial charge in [-0.05, 0) is 62.3 Å². The molecule has 1 aromatic heterocycles. The number of carbonyl (C=O) groups is 1. The minimum Gasteiger partial charge on any atom is -0.492 e. The van der Waals surface area contributed by atoms with E-state index in [1.165, 1.54) is 18.9 Å². The van der Waals surface area contributed by atoms with E-state index >= 15 is 0 Å². The predicted molar refractivity (Wildman–Crippen MR) is 119 cm³/mol. The lowest BCUT2D eigenvalue weighted by molar-refractivity contribution is 0.238. The molecule has 0 bridgehead atoms. The van der Waals surface area contributed by atoms with E-state index in [2.05, 4.69) is 20.6 Å². The second-order valence-corrected chi connectivity index (χ2v) is 7.65. The highest BCUT2D eigenvalue weighted by molar-refractivity contribution is 6.00. The van der Waals surface area contributed by atoms with Crippen LogP contribution in [0.25, 0.3) is 11.3 Å². The molecule has 1 aliphatic rings. The molecule has 0 aliphatic carbocycles. The number of benzene rings is 2. The number of anilines is 2. The maximum Gasteiger partial charge on any atom is 0.323 e. The predicted octanol–water partition coefficient (Wildman–Crippen LogP) is 4.48. The second kappa shape index (κ2) is 9.78. The van der Waals surface area contributed by atoms with Gasteiger partial charge in [0.05, 0.1) is 11.4 Å². The number of halogens is 2. The molecule has 168 valence electrons. The van der Waals surface area contributed by atoms with Crippen molar-refractivity contribution in [1.82, 2.24) is 14.7 Å². The topological polar surface area (TPSA) is 71.4 Å². The van der Waals surface area contributed by atoms with Gasteiger partial charge in [0.2, 0.25) is 0 Å². The highest BCUT2D eigenvalue weighted by Gasteiger charge is 2.15. The molecule has 0 unspecified atom stereocenters. The summed E-state index contributed by atoms with van der Waals surface area (Å²) < 4.78 is 34.7. The van der Waals surface area contributed by atoms with Gasteiger partial charge in [-0.15, -0.1) is 0 Å². The molecule has 0 spiro atoms. The van der Waals surface area contributed by atoms with Crippen LogP contribution < -0.4 is 15.4 Å². The summed E-state index contributed by atoms with van der Waals surface area (Å²) in [4.78, 5) is 14.7. The fourth-order valence-corrected chi connectivity index (χ4v) is 3.74. The zero-order chi connectivity index (χ0) is 22.5. The Balaban J connectivity index is 1.48. The van der Waals surface area contributed by atoms with Gasteiger partial charge in [-0.3, -0.25) is 9.58 Å². The van der Waals surface area contributed by atoms with Crippen LogP contribution in [0.4, 0.5) is 25.0 Å². The summed E-state index contributed by atoms with van der Waals surface area (Å²) in [6.45, 7) is 3.62. The Kier molecular flexibility index (Phi) is 6.65. The lowest BCUT2D eigenvalue weighted by atomic mass is 10.1. The monoisotopic (exact) mass is 441 g/mol. The molecule has 9 heteroatoms. The Labute approximate surface area is 185 Å². The minimum absolute atomic E-state index is 0.113. The van der Waals surface area contributed by atoms with E-state index < -0.39 is 17.7 Å². The number of urea groups is 1. The second-order valence-electron chi connectivity index (χ2n) is 7.65. The van der Waals surface area contributed by atoms with Crippen LogP contribution in [0, 0.1) is 11.6 Å². The first-order chi connectivity index (χ1) is 15.5. The van der Waals surface area contributed by atoms with Crippen LogP contribution in [0.5, 0.6) is 5.75 Å². The highest BCUT2D eigenvalue weighted by atomic mass is 19.1. The van der Waals surface area contributed by atoms with E-state index in [1.54, 1.807) is 29.1 Å². The molecule has 3 aromatic rings. The van der Waals surface area contributed by atoms with E-state index in [-0.39, 0.29) is 5.69 Å². The minimum atomic E-state index is -0.850. The number of aromatic nitrogens is 2. The average Bonchev–Trinajstić information content (AvgIpc) is 3.43. The Bertz CT molecular complexity index is 1100. The van der Waals surface area contributed by atoms with Gasteiger partial charge in [0.1, 0.15) is 24.0 Å². The van der Waals surface area contributed by atoms with Crippen LogP contribution in [-0.4, -0.2) is 47.0 Å². The van der Waals surface area contributed by atoms with Crippen molar-refractivity contribution < 1.29 is 18.3 Å². The Morgan fingerprint density at radius 2 is 1.91 bits per heavy atom. The van der Waals surface area contributed by atoms with Crippen molar-refractivity contribution in [2.75, 3.05) is 36.9 Å². The van der Waals surface area contributed by atoms with Gasteiger partial charge in [0, 0.05) is 37.1 Å². The van der Waals surface area contributed by atoms with Gasteiger partial charge in [0.25, 0.3) is 0 Å². The summed E-state index contributed by atoms with van der Waals surface area (Å²) in [5.41, 5.74) is 1.98. The molecule has 1 fully saturated rings. The van der Waals surface area contributed by atoms with Crippen molar-refractivity contribution in [2.24, 2.45) is 7.05 Å². The van der Waals surface area contributed by atoms with Crippen LogP contribution in [0.15, 0.2) is 48.7 Å². The molecule has 2 amide bonds. The number of nitrogens with zero attached hydrogens (tertiary/aromatic N) is 3. The SMILES string of the molecule is Cn1nccc1-c1cc(NC(=O)Nc2ccc(F)cc2F)ccc1OCCN1CCCC1. The third kappa shape index (κ3) is 5.23. The van der Waals surface area contributed by atoms with Gasteiger partial charge in [0.15, 0.2) is 0 Å². The van der Waals surface area contributed by atoms with Crippen LogP contribution >= 0.6 is 0 Å². The van der Waals surface area contributed by atoms with Gasteiger partial charge >= 0.3 is 6.03 Å². The number of rotatable bonds is 7. The van der Waals surface area contributed by atoms with E-state index in [0.717, 1.165) is 37.0 Å². The first kappa shape index (κ1) is 21.8. The van der Waals surface area contributed by atoms with Crippen molar-refractivity contribution in [1.29, 1.82) is 0 Å². The molecule has 2 heterocycles. The van der Waals surface area contributed by atoms with Crippen molar-refractivity contribution in [3.8, 4) is 17.0 Å². The standard InChI is InChI=1S/C23H25F2N5O2/c1-29-21(8-9-26-29)18-15-17(5-7-22(18)32-13-12-30-10-2-3-11-30)27-23(31)28-20-6-4-16(24)14-19(20)25/h4-9,14-15H,2-3,10-13H2,1H3,(H2,27,28,31). The molecular weight excluding hydrogens is 416 g/mol. The fraction of sp³-hybridized carbons (Fsp3) is 0.304. The van der Waals surface area contributed by atoms with Crippen LogP contribution in [-0.2, 0) is 7.05 Å². The number of hydrogen-bond donors (Lipinski definition) is 2. The molecule has 2 aromatic carbocycles. The largest absolute Gasteiger partial charge is 0.492 e. The summed E-state index contributed by atoms with van der Waals surface area (Å²) >= 11 is 0. The highest BCUT2D eigenvalue weighted by Crippen LogP contribution is 2.32. The van der Waals surface area contributed by atoms with Gasteiger partial charge < -0.3 is 15.4 Å². The quantitative estimate of drug-likeness (QED) is 0.567. The van der Waals surface area contributed by atoms with Gasteiger partial charge in [-0.1, -0.05) is 0 Å². The molecule has 0 atom stereocenters. The van der Waals surface area contributed by atoms with Crippen molar-refractivity contribution >= 4 is 17.4 Å². The molecule has 2 N–H and O–H groups in total. The first-order valence-corrected chi connectivity index (χ1v) is 10.5. The lowest BCUT2D eigenvalue weighted by Gasteiger charge is -2.17. The van der Waals surface area contributed by atoms with Gasteiger partial charge in [-0.2, -0.15) is 5.10 Å². The lowest BCUT2D eigenvalue weighted by Crippen LogP contribution is -2.25. The van der Waals surface area contributed by atoms with E-state index in [0.29, 0.717) is 24.1 Å². The van der Waals surface area contributed by atoms with E-state index in [9.17, 15) is 13.6 Å². The number of nitrogens with one attached hydrogen (secondary N) is 2. The summed E-state index contributed by atoms with van der Waals surface area (Å²) in [6.07, 6.45) is 4.14. The Hall–Kier alpha value is -3.46. The first-order valence-electron chi connectivity index (χ1n) is 10.5. The molecule has 32 heavy (non-hydrogen) atoms. The fourth-order valence-electron chi connectivity index (χ4n) is 3.74. The molecule has 0 radical (unpaired) electrons. The smallest absolute Gasteiger partial charge is 0.323 e. The molecule has 4 rings (SSSR count). The van der Waals surface area contributed by atoms with Crippen molar-refractivity contribution in [2.45, 2.75) is 12.8 Å². The average molecular weight is 441 g/mol. The van der Waals surface area contributed by atoms with Crippen molar-refractivity contribution in [3.05, 3.63) is 60.3 Å². The molecule has 1 aliphatic heterocycles. The van der Waals surface area contributed by atoms with Crippen LogP contribution in [0.1, 0.15) is 12.8 Å². The zero-order valence-corrected chi connectivity index (χ0v) is 17.8. The number of aryl methyl sites for hydroxylation is 1. The summed E-state index contributed by atoms with van der Waals surface area (Å²) in [7, 11) is 1.83. The zero-order valence-electron chi connectivity index (χ0n) is 17.8. The normalized spacial score (nSPS) is 13.8. The Morgan fingerprint density at radius 1 is 1.09 bits per heavy atom. The molecular formula is C23H25F2N5O2. The maximum absolute atomic E-state index is 13.8. The molecule has 0 saturated carbocycles. The van der Waals surface area contributed by atoms with Gasteiger partial charge in [-0.25, -0.2) is 13.6 Å². The molecule has 7 nitrogen and oxygen atoms in total. The van der Waals surface area contributed by atoms with Crippen molar-refractivity contribution in [3.63, 3.8) is 0 Å². The van der Waals surface area contributed by atoms with E-state index in [1.807, 2.05) is 13.1 Å². The number of hydrogen-bond acceptors (Lipinski definition) is 4. The number of likely N-dealkylation sites (tertiary alicyclic amines) is 1. The summed E-state index contributed by atoms with van der Waals surface area (Å²) in [5, 5.41) is 9.29. The number of amides is 2. The van der Waals surface area contributed by atoms with Crippen LogP contribution in [0.3, 0.4) is 0 Å². The van der Waals surface area contributed by atoms with E-state index in [4.69, 9.17) is 4.74 Å². The number of ether oxygens (including phenoxy) is 1. The summed E-state index contributed by atoms with van der Waals surface area (Å²) in [6, 6.07) is 9.46. The Morgan fingerprint density at radius 3 is 2.62 bits per heavy atom.